The van der Waals surface area contributed by atoms with Crippen LogP contribution in [0.15, 0.2) is 60.8 Å². The third kappa shape index (κ3) is 3.43. The summed E-state index contributed by atoms with van der Waals surface area (Å²) in [5, 5.41) is 0. The van der Waals surface area contributed by atoms with Crippen molar-refractivity contribution in [3.8, 4) is 17.0 Å². The molecule has 2 aromatic carbocycles. The number of carbonyl (C=O) groups excluding carboxylic acids is 1. The van der Waals surface area contributed by atoms with Crippen LogP contribution in [0.4, 0.5) is 5.69 Å². The van der Waals surface area contributed by atoms with Gasteiger partial charge in [-0.3, -0.25) is 4.79 Å². The van der Waals surface area contributed by atoms with Crippen LogP contribution in [0.2, 0.25) is 0 Å². The van der Waals surface area contributed by atoms with Gasteiger partial charge in [0.05, 0.1) is 13.7 Å². The lowest BCUT2D eigenvalue weighted by Gasteiger charge is -2.28. The molecule has 3 aromatic rings. The first kappa shape index (κ1) is 17.3. The monoisotopic (exact) mass is 358 g/mol. The molecule has 0 aliphatic carbocycles. The van der Waals surface area contributed by atoms with Crippen LogP contribution in [-0.2, 0) is 24.2 Å². The van der Waals surface area contributed by atoms with Crippen LogP contribution < -0.4 is 9.64 Å². The topological polar surface area (TPSA) is 42.4 Å². The Labute approximate surface area is 159 Å². The Kier molecular flexibility index (Phi) is 4.63. The third-order valence-corrected chi connectivity index (χ3v) is 5.14. The second kappa shape index (κ2) is 7.23. The molecule has 27 heavy (non-hydrogen) atoms. The molecule has 4 rings (SSSR count). The number of aromatic nitrogens is 1. The molecule has 0 unspecified atom stereocenters. The van der Waals surface area contributed by atoms with Gasteiger partial charge in [-0.05, 0) is 47.2 Å². The van der Waals surface area contributed by atoms with E-state index in [2.05, 4.69) is 29.2 Å². The Morgan fingerprint density at radius 1 is 0.963 bits per heavy atom. The Morgan fingerprint density at radius 2 is 1.74 bits per heavy atom. The quantitative estimate of drug-likeness (QED) is 0.681. The van der Waals surface area contributed by atoms with Gasteiger partial charge in [0.1, 0.15) is 0 Å². The Balaban J connectivity index is 1.72. The number of para-hydroxylation sites is 1. The molecule has 2 heterocycles. The number of anilines is 1. The Hall–Kier alpha value is -3.14. The maximum Gasteiger partial charge on any atom is 0.224 e. The van der Waals surface area contributed by atoms with E-state index in [-0.39, 0.29) is 5.91 Å². The van der Waals surface area contributed by atoms with Gasteiger partial charge in [-0.2, -0.15) is 0 Å². The van der Waals surface area contributed by atoms with E-state index in [1.165, 1.54) is 16.7 Å². The van der Waals surface area contributed by atoms with E-state index in [9.17, 15) is 4.79 Å². The van der Waals surface area contributed by atoms with Gasteiger partial charge in [0.25, 0.3) is 0 Å². The summed E-state index contributed by atoms with van der Waals surface area (Å²) in [6, 6.07) is 18.6. The zero-order valence-corrected chi connectivity index (χ0v) is 15.6. The molecule has 0 radical (unpaired) electrons. The van der Waals surface area contributed by atoms with Crippen LogP contribution in [-0.4, -0.2) is 18.0 Å². The fourth-order valence-corrected chi connectivity index (χ4v) is 3.66. The van der Waals surface area contributed by atoms with Gasteiger partial charge in [0.15, 0.2) is 0 Å². The summed E-state index contributed by atoms with van der Waals surface area (Å²) in [6.45, 7) is 2.23. The van der Waals surface area contributed by atoms with Crippen molar-refractivity contribution in [1.82, 2.24) is 4.98 Å². The number of nitrogens with zero attached hydrogens (tertiary/aromatic N) is 2. The second-order valence-electron chi connectivity index (χ2n) is 6.81. The van der Waals surface area contributed by atoms with Crippen molar-refractivity contribution in [3.05, 3.63) is 77.5 Å². The molecule has 1 aliphatic rings. The summed E-state index contributed by atoms with van der Waals surface area (Å²) in [5.74, 6) is 0.678. The van der Waals surface area contributed by atoms with Crippen LogP contribution in [0.1, 0.15) is 23.6 Å². The van der Waals surface area contributed by atoms with Gasteiger partial charge in [-0.25, -0.2) is 4.98 Å². The fraction of sp³-hybridized carbons (Fsp3) is 0.217. The van der Waals surface area contributed by atoms with Crippen LogP contribution in [0.5, 0.6) is 5.88 Å². The molecule has 1 aliphatic heterocycles. The number of benzene rings is 2. The van der Waals surface area contributed by atoms with Gasteiger partial charge in [0, 0.05) is 30.4 Å². The average Bonchev–Trinajstić information content (AvgIpc) is 2.69. The van der Waals surface area contributed by atoms with Crippen molar-refractivity contribution >= 4 is 11.6 Å². The van der Waals surface area contributed by atoms with Gasteiger partial charge < -0.3 is 9.64 Å². The number of hydrogen-bond acceptors (Lipinski definition) is 3. The first-order valence-corrected chi connectivity index (χ1v) is 9.14. The molecule has 0 fully saturated rings. The lowest BCUT2D eigenvalue weighted by molar-refractivity contribution is -0.116. The molecule has 136 valence electrons. The minimum Gasteiger partial charge on any atom is -0.481 e. The lowest BCUT2D eigenvalue weighted by atomic mass is 9.92. The van der Waals surface area contributed by atoms with Crippen LogP contribution in [0.25, 0.3) is 11.1 Å². The molecule has 4 nitrogen and oxygen atoms in total. The van der Waals surface area contributed by atoms with E-state index in [0.29, 0.717) is 12.4 Å². The number of rotatable bonds is 2. The number of methoxy groups -OCH3 is 1. The molecule has 0 atom stereocenters. The van der Waals surface area contributed by atoms with Crippen molar-refractivity contribution in [2.75, 3.05) is 12.0 Å². The van der Waals surface area contributed by atoms with E-state index in [1.807, 2.05) is 41.4 Å². The minimum absolute atomic E-state index is 0.0683. The molecular weight excluding hydrogens is 336 g/mol. The van der Waals surface area contributed by atoms with E-state index in [1.54, 1.807) is 14.0 Å². The number of fused-ring (bicyclic) bond motifs is 2. The van der Waals surface area contributed by atoms with Crippen LogP contribution in [0, 0.1) is 0 Å². The molecule has 0 bridgehead atoms. The number of aryl methyl sites for hydroxylation is 2. The number of carbonyl (C=O) groups is 1. The van der Waals surface area contributed by atoms with Crippen molar-refractivity contribution in [2.24, 2.45) is 0 Å². The van der Waals surface area contributed by atoms with Crippen LogP contribution in [0.3, 0.4) is 0 Å². The van der Waals surface area contributed by atoms with Crippen molar-refractivity contribution in [3.63, 3.8) is 0 Å². The maximum atomic E-state index is 12.3. The summed E-state index contributed by atoms with van der Waals surface area (Å²) in [4.78, 5) is 18.5. The number of pyridine rings is 1. The zero-order chi connectivity index (χ0) is 18.8. The highest BCUT2D eigenvalue weighted by Crippen LogP contribution is 2.31. The minimum atomic E-state index is 0.0683. The molecule has 4 heteroatoms. The molecule has 0 N–H and O–H groups in total. The molecular formula is C23H22N2O2. The van der Waals surface area contributed by atoms with E-state index in [0.717, 1.165) is 29.7 Å². The Morgan fingerprint density at radius 3 is 2.48 bits per heavy atom. The van der Waals surface area contributed by atoms with E-state index < -0.39 is 0 Å². The highest BCUT2D eigenvalue weighted by atomic mass is 16.5. The fourth-order valence-electron chi connectivity index (χ4n) is 3.66. The number of ether oxygens (including phenoxy) is 1. The predicted molar refractivity (Wildman–Crippen MR) is 107 cm³/mol. The second-order valence-corrected chi connectivity index (χ2v) is 6.81. The summed E-state index contributed by atoms with van der Waals surface area (Å²) >= 11 is 0. The van der Waals surface area contributed by atoms with Gasteiger partial charge in [0.2, 0.25) is 11.8 Å². The molecule has 0 spiro atoms. The first-order valence-electron chi connectivity index (χ1n) is 9.14. The van der Waals surface area contributed by atoms with E-state index in [4.69, 9.17) is 4.74 Å². The van der Waals surface area contributed by atoms with Crippen molar-refractivity contribution in [1.29, 1.82) is 0 Å². The molecule has 1 amide bonds. The number of amides is 1. The lowest BCUT2D eigenvalue weighted by Crippen LogP contribution is -2.30. The summed E-state index contributed by atoms with van der Waals surface area (Å²) in [7, 11) is 1.62. The van der Waals surface area contributed by atoms with Gasteiger partial charge in [-0.1, -0.05) is 36.4 Å². The first-order chi connectivity index (χ1) is 13.2. The summed E-state index contributed by atoms with van der Waals surface area (Å²) in [6.07, 6.45) is 3.70. The standard InChI is InChI=1S/C23H22N2O2/c1-16(26)25-15-21-10-9-18(20-11-12-23(27-2)24-14-20)13-19(21)8-7-17-5-3-4-6-22(17)25/h3-6,9-14H,7-8,15H2,1-2H3. The predicted octanol–water partition coefficient (Wildman–Crippen LogP) is 4.41. The normalized spacial score (nSPS) is 13.2. The van der Waals surface area contributed by atoms with Crippen LogP contribution >= 0.6 is 0 Å². The average molecular weight is 358 g/mol. The summed E-state index contributed by atoms with van der Waals surface area (Å²) in [5.41, 5.74) is 6.92. The highest BCUT2D eigenvalue weighted by molar-refractivity contribution is 5.92. The summed E-state index contributed by atoms with van der Waals surface area (Å²) < 4.78 is 5.14. The largest absolute Gasteiger partial charge is 0.481 e. The Bertz CT molecular complexity index is 980. The highest BCUT2D eigenvalue weighted by Gasteiger charge is 2.20. The third-order valence-electron chi connectivity index (χ3n) is 5.14. The van der Waals surface area contributed by atoms with Crippen molar-refractivity contribution in [2.45, 2.75) is 26.3 Å². The van der Waals surface area contributed by atoms with Gasteiger partial charge in [-0.15, -0.1) is 0 Å². The number of hydrogen-bond donors (Lipinski definition) is 0. The smallest absolute Gasteiger partial charge is 0.224 e. The van der Waals surface area contributed by atoms with Gasteiger partial charge >= 0.3 is 0 Å². The maximum absolute atomic E-state index is 12.3. The van der Waals surface area contributed by atoms with E-state index >= 15 is 0 Å². The molecule has 0 saturated heterocycles. The SMILES string of the molecule is COc1ccc(-c2ccc3c(c2)CCc2ccccc2N(C(C)=O)C3)cn1. The molecule has 0 saturated carbocycles. The van der Waals surface area contributed by atoms with Crippen molar-refractivity contribution < 1.29 is 9.53 Å². The molecule has 1 aromatic heterocycles. The zero-order valence-electron chi connectivity index (χ0n) is 15.6.